The maximum atomic E-state index is 13.1. The normalized spacial score (nSPS) is 16.4. The fourth-order valence-electron chi connectivity index (χ4n) is 3.52. The van der Waals surface area contributed by atoms with Crippen LogP contribution in [0.1, 0.15) is 18.1 Å². The molecular formula is C22H18N4O4S2. The van der Waals surface area contributed by atoms with Crippen LogP contribution in [-0.4, -0.2) is 37.8 Å². The molecule has 0 saturated carbocycles. The number of carbonyl (C=O) groups excluding carboxylic acids is 1. The first-order chi connectivity index (χ1) is 15.5. The highest BCUT2D eigenvalue weighted by Crippen LogP contribution is 2.36. The summed E-state index contributed by atoms with van der Waals surface area (Å²) in [6.07, 6.45) is 3.23. The van der Waals surface area contributed by atoms with Gasteiger partial charge in [-0.15, -0.1) is 0 Å². The summed E-state index contributed by atoms with van der Waals surface area (Å²) < 4.78 is 12.6. The van der Waals surface area contributed by atoms with E-state index in [1.165, 1.54) is 21.1 Å². The van der Waals surface area contributed by atoms with E-state index < -0.39 is 0 Å². The minimum absolute atomic E-state index is 0.187. The van der Waals surface area contributed by atoms with E-state index in [0.29, 0.717) is 50.8 Å². The maximum absolute atomic E-state index is 13.1. The first-order valence-corrected chi connectivity index (χ1v) is 11.2. The topological polar surface area (TPSA) is 85.2 Å². The van der Waals surface area contributed by atoms with Gasteiger partial charge >= 0.3 is 0 Å². The van der Waals surface area contributed by atoms with Crippen LogP contribution in [0.15, 0.2) is 52.3 Å². The standard InChI is InChI=1S/C22H18N4O4S2/c1-2-23-19-14(20(27)25-8-4-3-5-18(25)24-19)10-17-21(28)26(22(31)32-17)11-13-6-7-15-16(9-13)30-12-29-15/h3-10,23H,2,11-12H2,1H3/b17-10+. The Bertz CT molecular complexity index is 1350. The molecule has 0 radical (unpaired) electrons. The number of thioether (sulfide) groups is 1. The molecule has 10 heteroatoms. The van der Waals surface area contributed by atoms with Crippen LogP contribution in [0.2, 0.25) is 0 Å². The lowest BCUT2D eigenvalue weighted by Crippen LogP contribution is -2.27. The minimum Gasteiger partial charge on any atom is -0.454 e. The summed E-state index contributed by atoms with van der Waals surface area (Å²) in [4.78, 5) is 32.7. The van der Waals surface area contributed by atoms with Crippen molar-refractivity contribution in [2.75, 3.05) is 18.7 Å². The van der Waals surface area contributed by atoms with Crippen molar-refractivity contribution in [1.82, 2.24) is 14.3 Å². The van der Waals surface area contributed by atoms with Crippen molar-refractivity contribution in [3.63, 3.8) is 0 Å². The molecule has 8 nitrogen and oxygen atoms in total. The van der Waals surface area contributed by atoms with Gasteiger partial charge < -0.3 is 14.8 Å². The predicted octanol–water partition coefficient (Wildman–Crippen LogP) is 3.26. The van der Waals surface area contributed by atoms with Gasteiger partial charge in [0.25, 0.3) is 11.5 Å². The van der Waals surface area contributed by atoms with Gasteiger partial charge in [0.05, 0.1) is 17.0 Å². The zero-order chi connectivity index (χ0) is 22.2. The average Bonchev–Trinajstić information content (AvgIpc) is 3.36. The van der Waals surface area contributed by atoms with Gasteiger partial charge in [-0.05, 0) is 42.8 Å². The van der Waals surface area contributed by atoms with Gasteiger partial charge in [0.15, 0.2) is 11.5 Å². The summed E-state index contributed by atoms with van der Waals surface area (Å²) in [5.74, 6) is 1.51. The van der Waals surface area contributed by atoms with Gasteiger partial charge in [0.2, 0.25) is 6.79 Å². The quantitative estimate of drug-likeness (QED) is 0.453. The third kappa shape index (κ3) is 3.61. The number of hydrogen-bond donors (Lipinski definition) is 1. The molecule has 0 unspecified atom stereocenters. The number of anilines is 1. The van der Waals surface area contributed by atoms with Crippen LogP contribution in [0.4, 0.5) is 5.82 Å². The zero-order valence-corrected chi connectivity index (χ0v) is 18.7. The minimum atomic E-state index is -0.257. The van der Waals surface area contributed by atoms with Crippen LogP contribution in [0.25, 0.3) is 11.7 Å². The monoisotopic (exact) mass is 466 g/mol. The summed E-state index contributed by atoms with van der Waals surface area (Å²) in [7, 11) is 0. The van der Waals surface area contributed by atoms with Gasteiger partial charge in [0.1, 0.15) is 15.8 Å². The smallest absolute Gasteiger partial charge is 0.267 e. The number of thiocarbonyl (C=S) groups is 1. The number of carbonyl (C=O) groups is 1. The van der Waals surface area contributed by atoms with E-state index in [1.807, 2.05) is 31.2 Å². The Morgan fingerprint density at radius 2 is 2.06 bits per heavy atom. The molecule has 1 saturated heterocycles. The number of ether oxygens (including phenoxy) is 2. The molecule has 2 aromatic heterocycles. The molecule has 162 valence electrons. The molecule has 1 aromatic carbocycles. The first kappa shape index (κ1) is 20.5. The first-order valence-electron chi connectivity index (χ1n) is 9.94. The van der Waals surface area contributed by atoms with Crippen LogP contribution in [-0.2, 0) is 11.3 Å². The van der Waals surface area contributed by atoms with Gasteiger partial charge in [-0.3, -0.25) is 18.9 Å². The van der Waals surface area contributed by atoms with Gasteiger partial charge in [0, 0.05) is 12.7 Å². The molecule has 5 rings (SSSR count). The lowest BCUT2D eigenvalue weighted by molar-refractivity contribution is -0.122. The van der Waals surface area contributed by atoms with Gasteiger partial charge in [-0.1, -0.05) is 36.1 Å². The Balaban J connectivity index is 1.49. The van der Waals surface area contributed by atoms with Crippen LogP contribution < -0.4 is 20.3 Å². The molecular weight excluding hydrogens is 448 g/mol. The molecule has 0 atom stereocenters. The molecule has 0 spiro atoms. The van der Waals surface area contributed by atoms with Crippen molar-refractivity contribution in [2.45, 2.75) is 13.5 Å². The number of fused-ring (bicyclic) bond motifs is 2. The van der Waals surface area contributed by atoms with E-state index in [-0.39, 0.29) is 18.3 Å². The second-order valence-electron chi connectivity index (χ2n) is 7.09. The lowest BCUT2D eigenvalue weighted by Gasteiger charge is -2.14. The summed E-state index contributed by atoms with van der Waals surface area (Å²) in [6, 6.07) is 10.9. The van der Waals surface area contributed by atoms with E-state index in [1.54, 1.807) is 24.4 Å². The van der Waals surface area contributed by atoms with Crippen LogP contribution >= 0.6 is 24.0 Å². The Morgan fingerprint density at radius 3 is 2.91 bits per heavy atom. The number of amides is 1. The fourth-order valence-corrected chi connectivity index (χ4v) is 4.76. The highest BCUT2D eigenvalue weighted by molar-refractivity contribution is 8.26. The zero-order valence-electron chi connectivity index (χ0n) is 17.0. The number of pyridine rings is 1. The third-order valence-electron chi connectivity index (χ3n) is 5.04. The number of hydrogen-bond acceptors (Lipinski definition) is 8. The molecule has 32 heavy (non-hydrogen) atoms. The Kier molecular flexibility index (Phi) is 5.32. The molecule has 2 aliphatic heterocycles. The number of nitrogens with zero attached hydrogens (tertiary/aromatic N) is 3. The van der Waals surface area contributed by atoms with E-state index >= 15 is 0 Å². The van der Waals surface area contributed by atoms with Crippen molar-refractivity contribution < 1.29 is 14.3 Å². The largest absolute Gasteiger partial charge is 0.454 e. The molecule has 0 aliphatic carbocycles. The Labute approximate surface area is 192 Å². The van der Waals surface area contributed by atoms with E-state index in [0.717, 1.165) is 5.56 Å². The van der Waals surface area contributed by atoms with Crippen LogP contribution in [0.5, 0.6) is 11.5 Å². The van der Waals surface area contributed by atoms with E-state index in [9.17, 15) is 9.59 Å². The summed E-state index contributed by atoms with van der Waals surface area (Å²) in [5, 5.41) is 3.12. The number of benzene rings is 1. The summed E-state index contributed by atoms with van der Waals surface area (Å²) >= 11 is 6.63. The van der Waals surface area contributed by atoms with Crippen molar-refractivity contribution in [3.8, 4) is 11.5 Å². The van der Waals surface area contributed by atoms with E-state index in [4.69, 9.17) is 21.7 Å². The third-order valence-corrected chi connectivity index (χ3v) is 6.42. The molecule has 1 amide bonds. The van der Waals surface area contributed by atoms with Gasteiger partial charge in [-0.25, -0.2) is 4.98 Å². The fraction of sp³-hybridized carbons (Fsp3) is 0.182. The SMILES string of the molecule is CCNc1nc2ccccn2c(=O)c1/C=C1/SC(=S)N(Cc2ccc3c(c2)OCO3)C1=O. The maximum Gasteiger partial charge on any atom is 0.267 e. The van der Waals surface area contributed by atoms with Crippen molar-refractivity contribution in [1.29, 1.82) is 0 Å². The molecule has 1 fully saturated rings. The Morgan fingerprint density at radius 1 is 1.22 bits per heavy atom. The Hall–Kier alpha value is -3.37. The van der Waals surface area contributed by atoms with Gasteiger partial charge in [-0.2, -0.15) is 0 Å². The highest BCUT2D eigenvalue weighted by atomic mass is 32.2. The molecule has 4 heterocycles. The molecule has 3 aromatic rings. The average molecular weight is 467 g/mol. The second kappa shape index (κ2) is 8.29. The number of nitrogens with one attached hydrogen (secondary N) is 1. The molecule has 2 aliphatic rings. The van der Waals surface area contributed by atoms with Crippen molar-refractivity contribution >= 4 is 51.7 Å². The summed E-state index contributed by atoms with van der Waals surface area (Å²) in [6.45, 7) is 2.99. The summed E-state index contributed by atoms with van der Waals surface area (Å²) in [5.41, 5.74) is 1.46. The predicted molar refractivity (Wildman–Crippen MR) is 127 cm³/mol. The van der Waals surface area contributed by atoms with Crippen LogP contribution in [0.3, 0.4) is 0 Å². The molecule has 0 bridgehead atoms. The number of rotatable bonds is 5. The van der Waals surface area contributed by atoms with E-state index in [2.05, 4.69) is 10.3 Å². The van der Waals surface area contributed by atoms with Crippen molar-refractivity contribution in [3.05, 3.63) is 69.0 Å². The molecule has 1 N–H and O–H groups in total. The second-order valence-corrected chi connectivity index (χ2v) is 8.77. The number of aromatic nitrogens is 2. The van der Waals surface area contributed by atoms with Crippen molar-refractivity contribution in [2.24, 2.45) is 0 Å². The van der Waals surface area contributed by atoms with Crippen LogP contribution in [0, 0.1) is 0 Å². The lowest BCUT2D eigenvalue weighted by atomic mass is 10.2. The highest BCUT2D eigenvalue weighted by Gasteiger charge is 2.33.